The zero-order valence-corrected chi connectivity index (χ0v) is 7.61. The van der Waals surface area contributed by atoms with Gasteiger partial charge in [-0.3, -0.25) is 4.79 Å². The smallest absolute Gasteiger partial charge is 0.132 e. The van der Waals surface area contributed by atoms with E-state index in [4.69, 9.17) is 0 Å². The summed E-state index contributed by atoms with van der Waals surface area (Å²) in [6.45, 7) is 5.50. The van der Waals surface area contributed by atoms with Crippen LogP contribution in [0, 0.1) is 0 Å². The Bertz CT molecular complexity index is 264. The van der Waals surface area contributed by atoms with Gasteiger partial charge in [0.1, 0.15) is 5.78 Å². The largest absolute Gasteiger partial charge is 0.300 e. The van der Waals surface area contributed by atoms with Crippen molar-refractivity contribution >= 4 is 5.78 Å². The molecule has 0 saturated carbocycles. The van der Waals surface area contributed by atoms with Gasteiger partial charge in [0.05, 0.1) is 11.7 Å². The Kier molecular flexibility index (Phi) is 2.26. The molecule has 0 bridgehead atoms. The molecule has 1 aromatic rings. The molecule has 4 nitrogen and oxygen atoms in total. The van der Waals surface area contributed by atoms with E-state index in [0.717, 1.165) is 0 Å². The molecule has 0 radical (unpaired) electrons. The molecule has 0 atom stereocenters. The number of carbonyl (C=O) groups is 1. The average molecular weight is 167 g/mol. The zero-order chi connectivity index (χ0) is 9.19. The van der Waals surface area contributed by atoms with Gasteiger partial charge in [0.15, 0.2) is 0 Å². The fourth-order valence-electron chi connectivity index (χ4n) is 1.22. The van der Waals surface area contributed by atoms with Crippen LogP contribution in [0.15, 0.2) is 12.4 Å². The van der Waals surface area contributed by atoms with Crippen LogP contribution in [0.2, 0.25) is 0 Å². The van der Waals surface area contributed by atoms with E-state index < -0.39 is 0 Å². The van der Waals surface area contributed by atoms with Gasteiger partial charge in [-0.05, 0) is 20.8 Å². The molecular formula is C8H13N3O. The summed E-state index contributed by atoms with van der Waals surface area (Å²) in [7, 11) is 0. The highest BCUT2D eigenvalue weighted by molar-refractivity contribution is 5.76. The van der Waals surface area contributed by atoms with Crippen molar-refractivity contribution in [2.45, 2.75) is 32.7 Å². The van der Waals surface area contributed by atoms with E-state index in [1.54, 1.807) is 24.0 Å². The Morgan fingerprint density at radius 3 is 2.67 bits per heavy atom. The monoisotopic (exact) mass is 167 g/mol. The van der Waals surface area contributed by atoms with E-state index >= 15 is 0 Å². The van der Waals surface area contributed by atoms with Gasteiger partial charge in [-0.25, -0.2) is 4.68 Å². The summed E-state index contributed by atoms with van der Waals surface area (Å²) >= 11 is 0. The molecule has 0 aliphatic rings. The van der Waals surface area contributed by atoms with Gasteiger partial charge in [0.2, 0.25) is 0 Å². The third-order valence-electron chi connectivity index (χ3n) is 1.72. The first kappa shape index (κ1) is 8.90. The third-order valence-corrected chi connectivity index (χ3v) is 1.72. The predicted octanol–water partition coefficient (Wildman–Crippen LogP) is 0.992. The summed E-state index contributed by atoms with van der Waals surface area (Å²) in [4.78, 5) is 10.9. The molecule has 0 saturated heterocycles. The quantitative estimate of drug-likeness (QED) is 0.674. The molecular weight excluding hydrogens is 154 g/mol. The standard InChI is InChI=1S/C8H13N3O/c1-7(12)6-8(2,3)11-5-4-9-10-11/h4-5H,6H2,1-3H3. The van der Waals surface area contributed by atoms with Gasteiger partial charge in [-0.15, -0.1) is 5.10 Å². The molecule has 0 aliphatic heterocycles. The lowest BCUT2D eigenvalue weighted by atomic mass is 9.99. The predicted molar refractivity (Wildman–Crippen MR) is 44.6 cm³/mol. The normalized spacial score (nSPS) is 11.6. The van der Waals surface area contributed by atoms with Crippen LogP contribution in [0.1, 0.15) is 27.2 Å². The average Bonchev–Trinajstić information content (AvgIpc) is 2.32. The number of rotatable bonds is 3. The Morgan fingerprint density at radius 2 is 2.25 bits per heavy atom. The lowest BCUT2D eigenvalue weighted by Gasteiger charge is -2.22. The van der Waals surface area contributed by atoms with Gasteiger partial charge < -0.3 is 0 Å². The fraction of sp³-hybridized carbons (Fsp3) is 0.625. The number of carbonyl (C=O) groups excluding carboxylic acids is 1. The van der Waals surface area contributed by atoms with E-state index in [1.807, 2.05) is 13.8 Å². The van der Waals surface area contributed by atoms with Crippen LogP contribution in [0.4, 0.5) is 0 Å². The van der Waals surface area contributed by atoms with Gasteiger partial charge in [0.25, 0.3) is 0 Å². The highest BCUT2D eigenvalue weighted by Gasteiger charge is 2.22. The summed E-state index contributed by atoms with van der Waals surface area (Å²) in [5, 5.41) is 7.55. The summed E-state index contributed by atoms with van der Waals surface area (Å²) < 4.78 is 1.70. The van der Waals surface area contributed by atoms with E-state index in [0.29, 0.717) is 6.42 Å². The molecule has 0 N–H and O–H groups in total. The molecule has 0 amide bonds. The second-order valence-corrected chi connectivity index (χ2v) is 3.54. The second kappa shape index (κ2) is 3.05. The van der Waals surface area contributed by atoms with Crippen molar-refractivity contribution in [2.24, 2.45) is 0 Å². The van der Waals surface area contributed by atoms with Gasteiger partial charge >= 0.3 is 0 Å². The molecule has 0 aromatic carbocycles. The molecule has 0 aliphatic carbocycles. The van der Waals surface area contributed by atoms with Crippen molar-refractivity contribution in [3.8, 4) is 0 Å². The van der Waals surface area contributed by atoms with Crippen molar-refractivity contribution in [1.29, 1.82) is 0 Å². The van der Waals surface area contributed by atoms with Crippen LogP contribution >= 0.6 is 0 Å². The minimum Gasteiger partial charge on any atom is -0.300 e. The highest BCUT2D eigenvalue weighted by Crippen LogP contribution is 2.17. The first-order chi connectivity index (χ1) is 5.52. The maximum Gasteiger partial charge on any atom is 0.132 e. The number of nitrogens with zero attached hydrogens (tertiary/aromatic N) is 3. The van der Waals surface area contributed by atoms with Gasteiger partial charge in [0, 0.05) is 12.6 Å². The maximum absolute atomic E-state index is 10.9. The Labute approximate surface area is 71.6 Å². The van der Waals surface area contributed by atoms with E-state index in [-0.39, 0.29) is 11.3 Å². The minimum atomic E-state index is -0.262. The summed E-state index contributed by atoms with van der Waals surface area (Å²) in [6.07, 6.45) is 3.86. The summed E-state index contributed by atoms with van der Waals surface area (Å²) in [5.41, 5.74) is -0.262. The number of aromatic nitrogens is 3. The molecule has 1 aromatic heterocycles. The zero-order valence-electron chi connectivity index (χ0n) is 7.61. The molecule has 4 heteroatoms. The molecule has 1 rings (SSSR count). The van der Waals surface area contributed by atoms with Gasteiger partial charge in [-0.1, -0.05) is 5.21 Å². The van der Waals surface area contributed by atoms with Crippen LogP contribution in [0.5, 0.6) is 0 Å². The van der Waals surface area contributed by atoms with Crippen LogP contribution in [-0.2, 0) is 10.3 Å². The summed E-state index contributed by atoms with van der Waals surface area (Å²) in [5.74, 6) is 0.163. The van der Waals surface area contributed by atoms with Crippen molar-refractivity contribution in [3.05, 3.63) is 12.4 Å². The molecule has 0 unspecified atom stereocenters. The lowest BCUT2D eigenvalue weighted by molar-refractivity contribution is -0.118. The van der Waals surface area contributed by atoms with Crippen molar-refractivity contribution in [3.63, 3.8) is 0 Å². The van der Waals surface area contributed by atoms with Crippen molar-refractivity contribution in [2.75, 3.05) is 0 Å². The number of Topliss-reactive ketones (excluding diaryl/α,β-unsaturated/α-hetero) is 1. The van der Waals surface area contributed by atoms with E-state index in [1.165, 1.54) is 0 Å². The highest BCUT2D eigenvalue weighted by atomic mass is 16.1. The first-order valence-corrected chi connectivity index (χ1v) is 3.88. The van der Waals surface area contributed by atoms with Crippen LogP contribution in [0.25, 0.3) is 0 Å². The van der Waals surface area contributed by atoms with E-state index in [9.17, 15) is 4.79 Å². The number of hydrogen-bond donors (Lipinski definition) is 0. The van der Waals surface area contributed by atoms with Crippen LogP contribution in [0.3, 0.4) is 0 Å². The van der Waals surface area contributed by atoms with Gasteiger partial charge in [-0.2, -0.15) is 0 Å². The fourth-order valence-corrected chi connectivity index (χ4v) is 1.22. The molecule has 12 heavy (non-hydrogen) atoms. The van der Waals surface area contributed by atoms with Crippen LogP contribution < -0.4 is 0 Å². The van der Waals surface area contributed by atoms with Crippen molar-refractivity contribution < 1.29 is 4.79 Å². The van der Waals surface area contributed by atoms with E-state index in [2.05, 4.69) is 10.3 Å². The first-order valence-electron chi connectivity index (χ1n) is 3.88. The van der Waals surface area contributed by atoms with Crippen molar-refractivity contribution in [1.82, 2.24) is 15.0 Å². The Hall–Kier alpha value is -1.19. The maximum atomic E-state index is 10.9. The molecule has 0 spiro atoms. The lowest BCUT2D eigenvalue weighted by Crippen LogP contribution is -2.29. The SMILES string of the molecule is CC(=O)CC(C)(C)n1ccnn1. The number of hydrogen-bond acceptors (Lipinski definition) is 3. The molecule has 0 fully saturated rings. The second-order valence-electron chi connectivity index (χ2n) is 3.54. The molecule has 1 heterocycles. The third kappa shape index (κ3) is 1.90. The Balaban J connectivity index is 2.79. The Morgan fingerprint density at radius 1 is 1.58 bits per heavy atom. The summed E-state index contributed by atoms with van der Waals surface area (Å²) in [6, 6.07) is 0. The number of ketones is 1. The molecule has 66 valence electrons. The van der Waals surface area contributed by atoms with Crippen LogP contribution in [-0.4, -0.2) is 20.8 Å². The minimum absolute atomic E-state index is 0.163. The topological polar surface area (TPSA) is 47.8 Å².